The molecule has 19 heavy (non-hydrogen) atoms. The third-order valence-corrected chi connectivity index (χ3v) is 3.10. The Morgan fingerprint density at radius 2 is 2.05 bits per heavy atom. The van der Waals surface area contributed by atoms with E-state index in [9.17, 15) is 9.59 Å². The van der Waals surface area contributed by atoms with Crippen LogP contribution in [0.5, 0.6) is 0 Å². The zero-order chi connectivity index (χ0) is 14.6. The Balaban J connectivity index is 2.88. The summed E-state index contributed by atoms with van der Waals surface area (Å²) in [6.07, 6.45) is 0.728. The van der Waals surface area contributed by atoms with Crippen LogP contribution in [-0.4, -0.2) is 35.0 Å². The molecule has 5 heteroatoms. The lowest BCUT2D eigenvalue weighted by Crippen LogP contribution is -2.36. The van der Waals surface area contributed by atoms with Crippen LogP contribution in [0.3, 0.4) is 0 Å². The lowest BCUT2D eigenvalue weighted by atomic mass is 10.1. The van der Waals surface area contributed by atoms with Gasteiger partial charge in [-0.1, -0.05) is 13.8 Å². The van der Waals surface area contributed by atoms with E-state index in [0.29, 0.717) is 12.3 Å². The van der Waals surface area contributed by atoms with Gasteiger partial charge in [0, 0.05) is 25.1 Å². The molecule has 0 fully saturated rings. The second kappa shape index (κ2) is 6.41. The summed E-state index contributed by atoms with van der Waals surface area (Å²) in [4.78, 5) is 24.7. The summed E-state index contributed by atoms with van der Waals surface area (Å²) in [6.45, 7) is 7.83. The van der Waals surface area contributed by atoms with Gasteiger partial charge in [0.1, 0.15) is 5.76 Å². The first-order valence-electron chi connectivity index (χ1n) is 6.52. The zero-order valence-corrected chi connectivity index (χ0v) is 11.9. The minimum absolute atomic E-state index is 0.187. The Morgan fingerprint density at radius 3 is 2.47 bits per heavy atom. The van der Waals surface area contributed by atoms with Crippen LogP contribution in [0.25, 0.3) is 0 Å². The highest BCUT2D eigenvalue weighted by Crippen LogP contribution is 2.18. The van der Waals surface area contributed by atoms with Gasteiger partial charge in [0.25, 0.3) is 5.91 Å². The predicted octanol–water partition coefficient (Wildman–Crippen LogP) is 2.33. The quantitative estimate of drug-likeness (QED) is 0.858. The normalized spacial score (nSPS) is 12.2. The number of carboxylic acids is 1. The molecule has 1 aromatic rings. The van der Waals surface area contributed by atoms with Crippen LogP contribution in [0.2, 0.25) is 0 Å². The fraction of sp³-hybridized carbons (Fsp3) is 0.571. The minimum Gasteiger partial charge on any atom is -0.481 e. The van der Waals surface area contributed by atoms with Gasteiger partial charge in [-0.25, -0.2) is 0 Å². The lowest BCUT2D eigenvalue weighted by Gasteiger charge is -2.22. The number of amides is 1. The number of carboxylic acid groups (broad SMARTS) is 1. The SMILES string of the molecule is CCc1cc(C)c(C(=O)N(CC)C[C@H](C)C(=O)O)o1. The molecule has 0 saturated carbocycles. The van der Waals surface area contributed by atoms with Crippen LogP contribution < -0.4 is 0 Å². The first-order chi connectivity index (χ1) is 8.90. The van der Waals surface area contributed by atoms with Crippen LogP contribution in [0, 0.1) is 12.8 Å². The average Bonchev–Trinajstić information content (AvgIpc) is 2.75. The third-order valence-electron chi connectivity index (χ3n) is 3.10. The van der Waals surface area contributed by atoms with Gasteiger partial charge in [-0.05, 0) is 19.9 Å². The number of hydrogen-bond donors (Lipinski definition) is 1. The molecule has 0 saturated heterocycles. The number of carbonyl (C=O) groups excluding carboxylic acids is 1. The molecule has 1 rings (SSSR count). The number of furan rings is 1. The summed E-state index contributed by atoms with van der Waals surface area (Å²) in [5.74, 6) is -0.659. The predicted molar refractivity (Wildman–Crippen MR) is 71.2 cm³/mol. The molecule has 0 aliphatic rings. The summed E-state index contributed by atoms with van der Waals surface area (Å²) >= 11 is 0. The Bertz CT molecular complexity index is 464. The van der Waals surface area contributed by atoms with Crippen molar-refractivity contribution in [3.05, 3.63) is 23.2 Å². The van der Waals surface area contributed by atoms with Gasteiger partial charge in [-0.2, -0.15) is 0 Å². The molecule has 0 aliphatic carbocycles. The van der Waals surface area contributed by atoms with Crippen molar-refractivity contribution in [1.82, 2.24) is 4.90 Å². The largest absolute Gasteiger partial charge is 0.481 e. The van der Waals surface area contributed by atoms with E-state index in [1.807, 2.05) is 26.8 Å². The van der Waals surface area contributed by atoms with Gasteiger partial charge >= 0.3 is 5.97 Å². The van der Waals surface area contributed by atoms with Crippen molar-refractivity contribution in [3.63, 3.8) is 0 Å². The molecule has 1 atom stereocenters. The maximum atomic E-state index is 12.3. The summed E-state index contributed by atoms with van der Waals surface area (Å²) in [7, 11) is 0. The summed E-state index contributed by atoms with van der Waals surface area (Å²) in [5.41, 5.74) is 0.795. The van der Waals surface area contributed by atoms with Crippen molar-refractivity contribution >= 4 is 11.9 Å². The monoisotopic (exact) mass is 267 g/mol. The Kier molecular flexibility index (Phi) is 5.15. The fourth-order valence-corrected chi connectivity index (χ4v) is 1.84. The molecule has 0 aromatic carbocycles. The summed E-state index contributed by atoms with van der Waals surface area (Å²) < 4.78 is 5.51. The van der Waals surface area contributed by atoms with E-state index in [1.165, 1.54) is 4.90 Å². The second-order valence-corrected chi connectivity index (χ2v) is 4.66. The van der Waals surface area contributed by atoms with Crippen LogP contribution >= 0.6 is 0 Å². The summed E-state index contributed by atoms with van der Waals surface area (Å²) in [5, 5.41) is 8.91. The molecule has 0 unspecified atom stereocenters. The van der Waals surface area contributed by atoms with E-state index < -0.39 is 11.9 Å². The number of rotatable bonds is 6. The van der Waals surface area contributed by atoms with Crippen molar-refractivity contribution in [3.8, 4) is 0 Å². The average molecular weight is 267 g/mol. The van der Waals surface area contributed by atoms with Crippen molar-refractivity contribution in [2.24, 2.45) is 5.92 Å². The zero-order valence-electron chi connectivity index (χ0n) is 11.9. The number of aliphatic carboxylic acids is 1. The molecule has 1 aromatic heterocycles. The van der Waals surface area contributed by atoms with Crippen molar-refractivity contribution in [2.75, 3.05) is 13.1 Å². The summed E-state index contributed by atoms with van der Waals surface area (Å²) in [6, 6.07) is 1.85. The third kappa shape index (κ3) is 3.59. The molecule has 5 nitrogen and oxygen atoms in total. The molecule has 1 heterocycles. The van der Waals surface area contributed by atoms with Gasteiger partial charge in [0.15, 0.2) is 5.76 Å². The smallest absolute Gasteiger partial charge is 0.308 e. The highest BCUT2D eigenvalue weighted by atomic mass is 16.4. The van der Waals surface area contributed by atoms with Gasteiger partial charge < -0.3 is 14.4 Å². The van der Waals surface area contributed by atoms with Crippen LogP contribution in [0.4, 0.5) is 0 Å². The first kappa shape index (κ1) is 15.3. The maximum Gasteiger partial charge on any atom is 0.308 e. The molecule has 0 bridgehead atoms. The minimum atomic E-state index is -0.906. The molecule has 0 radical (unpaired) electrons. The highest BCUT2D eigenvalue weighted by Gasteiger charge is 2.24. The lowest BCUT2D eigenvalue weighted by molar-refractivity contribution is -0.141. The van der Waals surface area contributed by atoms with Gasteiger partial charge in [0.05, 0.1) is 5.92 Å². The maximum absolute atomic E-state index is 12.3. The fourth-order valence-electron chi connectivity index (χ4n) is 1.84. The Labute approximate surface area is 113 Å². The number of nitrogens with zero attached hydrogens (tertiary/aromatic N) is 1. The standard InChI is InChI=1S/C14H21NO4/c1-5-11-7-9(3)12(19-11)13(16)15(6-2)8-10(4)14(17)18/h7,10H,5-6,8H2,1-4H3,(H,17,18)/t10-/m0/s1. The van der Waals surface area contributed by atoms with Crippen LogP contribution in [0.1, 0.15) is 42.6 Å². The number of aryl methyl sites for hydroxylation is 2. The topological polar surface area (TPSA) is 70.8 Å². The number of hydrogen-bond acceptors (Lipinski definition) is 3. The van der Waals surface area contributed by atoms with Crippen molar-refractivity contribution in [2.45, 2.75) is 34.1 Å². The number of carbonyl (C=O) groups is 2. The highest BCUT2D eigenvalue weighted by molar-refractivity contribution is 5.93. The van der Waals surface area contributed by atoms with E-state index in [4.69, 9.17) is 9.52 Å². The molecule has 1 N–H and O–H groups in total. The van der Waals surface area contributed by atoms with E-state index in [1.54, 1.807) is 6.92 Å². The first-order valence-corrected chi connectivity index (χ1v) is 6.52. The van der Waals surface area contributed by atoms with Crippen molar-refractivity contribution < 1.29 is 19.1 Å². The van der Waals surface area contributed by atoms with Gasteiger partial charge in [-0.3, -0.25) is 9.59 Å². The Morgan fingerprint density at radius 1 is 1.42 bits per heavy atom. The molecule has 0 spiro atoms. The van der Waals surface area contributed by atoms with E-state index in [2.05, 4.69) is 0 Å². The van der Waals surface area contributed by atoms with E-state index >= 15 is 0 Å². The Hall–Kier alpha value is -1.78. The molecule has 106 valence electrons. The van der Waals surface area contributed by atoms with Crippen molar-refractivity contribution in [1.29, 1.82) is 0 Å². The van der Waals surface area contributed by atoms with Crippen LogP contribution in [0.15, 0.2) is 10.5 Å². The molecule has 1 amide bonds. The van der Waals surface area contributed by atoms with Gasteiger partial charge in [-0.15, -0.1) is 0 Å². The van der Waals surface area contributed by atoms with E-state index in [-0.39, 0.29) is 12.5 Å². The molecule has 0 aliphatic heterocycles. The van der Waals surface area contributed by atoms with Crippen LogP contribution in [-0.2, 0) is 11.2 Å². The van der Waals surface area contributed by atoms with Gasteiger partial charge in [0.2, 0.25) is 0 Å². The van der Waals surface area contributed by atoms with E-state index in [0.717, 1.165) is 17.7 Å². The molecular formula is C14H21NO4. The second-order valence-electron chi connectivity index (χ2n) is 4.66. The molecular weight excluding hydrogens is 246 g/mol.